The van der Waals surface area contributed by atoms with Crippen LogP contribution in [0.4, 0.5) is 4.39 Å². The molecule has 2 atom stereocenters. The van der Waals surface area contributed by atoms with Crippen molar-refractivity contribution in [3.05, 3.63) is 35.6 Å². The standard InChI is InChI=1S/C18H23FO2/c19-16-8-6-14(7-9-16)10-15-12-17(21-18(15)20)11-13-4-2-1-3-5-13/h6-9,13,15,17H,1-5,10-12H2/t15-,17+/m1/s1. The Morgan fingerprint density at radius 2 is 1.81 bits per heavy atom. The van der Waals surface area contributed by atoms with Crippen LogP contribution in [0.15, 0.2) is 24.3 Å². The second-order valence-electron chi connectivity index (χ2n) is 6.56. The van der Waals surface area contributed by atoms with Gasteiger partial charge in [0.1, 0.15) is 11.9 Å². The number of benzene rings is 1. The summed E-state index contributed by atoms with van der Waals surface area (Å²) in [5.74, 6) is 0.383. The lowest BCUT2D eigenvalue weighted by molar-refractivity contribution is -0.144. The molecule has 0 aromatic heterocycles. The van der Waals surface area contributed by atoms with Crippen LogP contribution in [-0.4, -0.2) is 12.1 Å². The van der Waals surface area contributed by atoms with E-state index in [1.54, 1.807) is 12.1 Å². The molecule has 1 aromatic rings. The molecule has 1 aromatic carbocycles. The number of ether oxygens (including phenoxy) is 1. The molecular weight excluding hydrogens is 267 g/mol. The Bertz CT molecular complexity index is 476. The Hall–Kier alpha value is -1.38. The molecule has 0 spiro atoms. The highest BCUT2D eigenvalue weighted by Crippen LogP contribution is 2.33. The summed E-state index contributed by atoms with van der Waals surface area (Å²) in [5, 5.41) is 0. The molecule has 1 saturated heterocycles. The van der Waals surface area contributed by atoms with E-state index in [9.17, 15) is 9.18 Å². The first-order chi connectivity index (χ1) is 10.2. The fraction of sp³-hybridized carbons (Fsp3) is 0.611. The van der Waals surface area contributed by atoms with Crippen molar-refractivity contribution in [1.82, 2.24) is 0 Å². The van der Waals surface area contributed by atoms with Crippen LogP contribution in [0.5, 0.6) is 0 Å². The zero-order valence-corrected chi connectivity index (χ0v) is 12.4. The number of carbonyl (C=O) groups excluding carboxylic acids is 1. The number of rotatable bonds is 4. The third-order valence-corrected chi connectivity index (χ3v) is 4.88. The van der Waals surface area contributed by atoms with Crippen molar-refractivity contribution in [1.29, 1.82) is 0 Å². The van der Waals surface area contributed by atoms with Crippen molar-refractivity contribution >= 4 is 5.97 Å². The first kappa shape index (κ1) is 14.6. The number of hydrogen-bond acceptors (Lipinski definition) is 2. The molecule has 1 aliphatic heterocycles. The molecule has 2 aliphatic rings. The number of halogens is 1. The van der Waals surface area contributed by atoms with Gasteiger partial charge < -0.3 is 4.74 Å². The maximum atomic E-state index is 12.9. The molecule has 0 unspecified atom stereocenters. The van der Waals surface area contributed by atoms with Crippen LogP contribution in [0.3, 0.4) is 0 Å². The van der Waals surface area contributed by atoms with Gasteiger partial charge >= 0.3 is 5.97 Å². The maximum absolute atomic E-state index is 12.9. The predicted molar refractivity (Wildman–Crippen MR) is 79.3 cm³/mol. The molecule has 0 radical (unpaired) electrons. The van der Waals surface area contributed by atoms with Gasteiger partial charge in [-0.3, -0.25) is 4.79 Å². The van der Waals surface area contributed by atoms with E-state index in [1.165, 1.54) is 44.2 Å². The lowest BCUT2D eigenvalue weighted by Gasteiger charge is -2.23. The number of cyclic esters (lactones) is 1. The predicted octanol–water partition coefficient (Wildman–Crippen LogP) is 4.27. The van der Waals surface area contributed by atoms with Gasteiger partial charge in [-0.2, -0.15) is 0 Å². The third kappa shape index (κ3) is 3.84. The topological polar surface area (TPSA) is 26.3 Å². The highest BCUT2D eigenvalue weighted by atomic mass is 19.1. The van der Waals surface area contributed by atoms with Crippen LogP contribution in [-0.2, 0) is 16.0 Å². The molecule has 0 bridgehead atoms. The summed E-state index contributed by atoms with van der Waals surface area (Å²) in [6, 6.07) is 6.43. The van der Waals surface area contributed by atoms with Crippen molar-refractivity contribution < 1.29 is 13.9 Å². The van der Waals surface area contributed by atoms with Crippen LogP contribution in [0.25, 0.3) is 0 Å². The first-order valence-corrected chi connectivity index (χ1v) is 8.15. The summed E-state index contributed by atoms with van der Waals surface area (Å²) in [5.41, 5.74) is 1.01. The van der Waals surface area contributed by atoms with Gasteiger partial charge in [-0.1, -0.05) is 44.2 Å². The molecule has 2 fully saturated rings. The fourth-order valence-corrected chi connectivity index (χ4v) is 3.73. The summed E-state index contributed by atoms with van der Waals surface area (Å²) in [4.78, 5) is 12.0. The van der Waals surface area contributed by atoms with Crippen molar-refractivity contribution in [3.63, 3.8) is 0 Å². The van der Waals surface area contributed by atoms with Crippen LogP contribution in [0.2, 0.25) is 0 Å². The summed E-state index contributed by atoms with van der Waals surface area (Å²) < 4.78 is 18.5. The summed E-state index contributed by atoms with van der Waals surface area (Å²) in [6.07, 6.45) is 9.21. The molecule has 1 aliphatic carbocycles. The number of carbonyl (C=O) groups is 1. The van der Waals surface area contributed by atoms with E-state index in [1.807, 2.05) is 0 Å². The van der Waals surface area contributed by atoms with Crippen molar-refractivity contribution in [2.75, 3.05) is 0 Å². The third-order valence-electron chi connectivity index (χ3n) is 4.88. The van der Waals surface area contributed by atoms with E-state index in [0.29, 0.717) is 6.42 Å². The maximum Gasteiger partial charge on any atom is 0.309 e. The minimum Gasteiger partial charge on any atom is -0.462 e. The van der Waals surface area contributed by atoms with E-state index < -0.39 is 0 Å². The zero-order chi connectivity index (χ0) is 14.7. The molecule has 0 amide bonds. The van der Waals surface area contributed by atoms with Gasteiger partial charge in [0.2, 0.25) is 0 Å². The van der Waals surface area contributed by atoms with E-state index in [2.05, 4.69) is 0 Å². The lowest BCUT2D eigenvalue weighted by atomic mass is 9.84. The van der Waals surface area contributed by atoms with E-state index >= 15 is 0 Å². The molecule has 21 heavy (non-hydrogen) atoms. The average molecular weight is 290 g/mol. The monoisotopic (exact) mass is 290 g/mol. The molecule has 1 heterocycles. The lowest BCUT2D eigenvalue weighted by Crippen LogP contribution is -2.15. The molecule has 114 valence electrons. The van der Waals surface area contributed by atoms with Gasteiger partial charge in [-0.25, -0.2) is 4.39 Å². The normalized spacial score (nSPS) is 26.8. The largest absolute Gasteiger partial charge is 0.462 e. The smallest absolute Gasteiger partial charge is 0.309 e. The molecule has 3 rings (SSSR count). The number of esters is 1. The van der Waals surface area contributed by atoms with Gasteiger partial charge in [0, 0.05) is 0 Å². The summed E-state index contributed by atoms with van der Waals surface area (Å²) >= 11 is 0. The zero-order valence-electron chi connectivity index (χ0n) is 12.4. The molecule has 1 saturated carbocycles. The highest BCUT2D eigenvalue weighted by molar-refractivity contribution is 5.75. The Labute approximate surface area is 125 Å². The van der Waals surface area contributed by atoms with Crippen LogP contribution in [0.1, 0.15) is 50.5 Å². The van der Waals surface area contributed by atoms with Gasteiger partial charge in [-0.05, 0) is 42.9 Å². The Morgan fingerprint density at radius 3 is 2.52 bits per heavy atom. The minimum absolute atomic E-state index is 0.0518. The average Bonchev–Trinajstić information content (AvgIpc) is 2.82. The second-order valence-corrected chi connectivity index (χ2v) is 6.56. The van der Waals surface area contributed by atoms with E-state index in [-0.39, 0.29) is 23.8 Å². The summed E-state index contributed by atoms with van der Waals surface area (Å²) in [6.45, 7) is 0. The second kappa shape index (κ2) is 6.59. The first-order valence-electron chi connectivity index (χ1n) is 8.15. The van der Waals surface area contributed by atoms with Crippen molar-refractivity contribution in [3.8, 4) is 0 Å². The van der Waals surface area contributed by atoms with E-state index in [0.717, 1.165) is 24.3 Å². The van der Waals surface area contributed by atoms with Gasteiger partial charge in [0.15, 0.2) is 0 Å². The fourth-order valence-electron chi connectivity index (χ4n) is 3.73. The van der Waals surface area contributed by atoms with Crippen LogP contribution >= 0.6 is 0 Å². The minimum atomic E-state index is -0.233. The van der Waals surface area contributed by atoms with Gasteiger partial charge in [0.25, 0.3) is 0 Å². The Balaban J connectivity index is 1.53. The Morgan fingerprint density at radius 1 is 1.10 bits per heavy atom. The molecular formula is C18H23FO2. The van der Waals surface area contributed by atoms with Crippen LogP contribution < -0.4 is 0 Å². The SMILES string of the molecule is O=C1O[C@@H](CC2CCCCC2)C[C@H]1Cc1ccc(F)cc1. The van der Waals surface area contributed by atoms with Gasteiger partial charge in [-0.15, -0.1) is 0 Å². The molecule has 3 heteroatoms. The number of hydrogen-bond donors (Lipinski definition) is 0. The highest BCUT2D eigenvalue weighted by Gasteiger charge is 2.35. The van der Waals surface area contributed by atoms with Crippen LogP contribution in [0, 0.1) is 17.7 Å². The Kier molecular flexibility index (Phi) is 4.57. The van der Waals surface area contributed by atoms with E-state index in [4.69, 9.17) is 4.74 Å². The molecule has 0 N–H and O–H groups in total. The molecule has 2 nitrogen and oxygen atoms in total. The van der Waals surface area contributed by atoms with Crippen molar-refractivity contribution in [2.45, 2.75) is 57.5 Å². The van der Waals surface area contributed by atoms with Gasteiger partial charge in [0.05, 0.1) is 5.92 Å². The summed E-state index contributed by atoms with van der Waals surface area (Å²) in [7, 11) is 0. The van der Waals surface area contributed by atoms with Crippen molar-refractivity contribution in [2.24, 2.45) is 11.8 Å². The quantitative estimate of drug-likeness (QED) is 0.774.